The number of ether oxygens (including phenoxy) is 2. The van der Waals surface area contributed by atoms with Crippen LogP contribution in [-0.4, -0.2) is 24.7 Å². The van der Waals surface area contributed by atoms with Crippen LogP contribution < -0.4 is 19.2 Å². The molecule has 7 heteroatoms. The molecule has 2 aromatic carbocycles. The lowest BCUT2D eigenvalue weighted by Gasteiger charge is -2.32. The van der Waals surface area contributed by atoms with Crippen LogP contribution >= 0.6 is 11.3 Å². The molecule has 0 spiro atoms. The summed E-state index contributed by atoms with van der Waals surface area (Å²) in [6.45, 7) is 0. The Kier molecular flexibility index (Phi) is 4.68. The third kappa shape index (κ3) is 2.88. The fourth-order valence-corrected chi connectivity index (χ4v) is 4.73. The van der Waals surface area contributed by atoms with Crippen LogP contribution in [-0.2, 0) is 11.8 Å². The molecule has 1 amide bonds. The number of para-hydroxylation sites is 1. The first-order valence-electron chi connectivity index (χ1n) is 8.84. The van der Waals surface area contributed by atoms with E-state index in [1.54, 1.807) is 36.8 Å². The lowest BCUT2D eigenvalue weighted by atomic mass is 9.89. The number of fused-ring (bicyclic) bond motifs is 1. The van der Waals surface area contributed by atoms with Gasteiger partial charge in [-0.3, -0.25) is 19.1 Å². The van der Waals surface area contributed by atoms with Gasteiger partial charge < -0.3 is 9.47 Å². The number of methoxy groups -OCH3 is 2. The zero-order chi connectivity index (χ0) is 19.8. The third-order valence-corrected chi connectivity index (χ3v) is 6.13. The molecule has 1 atom stereocenters. The number of hydrogen-bond acceptors (Lipinski definition) is 5. The number of amides is 1. The highest BCUT2D eigenvalue weighted by atomic mass is 32.1. The molecule has 1 aliphatic rings. The van der Waals surface area contributed by atoms with Gasteiger partial charge in [-0.1, -0.05) is 35.6 Å². The molecule has 0 saturated heterocycles. The van der Waals surface area contributed by atoms with Gasteiger partial charge in [-0.15, -0.1) is 0 Å². The minimum absolute atomic E-state index is 0.0786. The van der Waals surface area contributed by atoms with Crippen LogP contribution in [0.5, 0.6) is 11.5 Å². The highest BCUT2D eigenvalue weighted by Crippen LogP contribution is 2.46. The summed E-state index contributed by atoms with van der Waals surface area (Å²) < 4.78 is 12.4. The Morgan fingerprint density at radius 1 is 1.04 bits per heavy atom. The van der Waals surface area contributed by atoms with Crippen LogP contribution in [0.15, 0.2) is 53.3 Å². The van der Waals surface area contributed by atoms with E-state index in [1.807, 2.05) is 42.5 Å². The molecule has 28 heavy (non-hydrogen) atoms. The van der Waals surface area contributed by atoms with Crippen LogP contribution in [0.3, 0.4) is 0 Å². The van der Waals surface area contributed by atoms with E-state index in [-0.39, 0.29) is 23.1 Å². The average molecular weight is 396 g/mol. The predicted molar refractivity (Wildman–Crippen MR) is 109 cm³/mol. The molecular formula is C21H20N2O4S. The minimum atomic E-state index is -0.223. The third-order valence-electron chi connectivity index (χ3n) is 4.99. The smallest absolute Gasteiger partial charge is 0.308 e. The van der Waals surface area contributed by atoms with Crippen molar-refractivity contribution in [2.24, 2.45) is 7.05 Å². The Morgan fingerprint density at radius 2 is 1.82 bits per heavy atom. The summed E-state index contributed by atoms with van der Waals surface area (Å²) in [5, 5.41) is 0. The molecule has 6 nitrogen and oxygen atoms in total. The maximum atomic E-state index is 13.2. The second-order valence-corrected chi connectivity index (χ2v) is 7.54. The largest absolute Gasteiger partial charge is 0.497 e. The van der Waals surface area contributed by atoms with E-state index in [4.69, 9.17) is 9.47 Å². The van der Waals surface area contributed by atoms with Crippen molar-refractivity contribution in [1.29, 1.82) is 0 Å². The molecule has 0 radical (unpaired) electrons. The maximum Gasteiger partial charge on any atom is 0.308 e. The molecule has 3 aromatic rings. The standard InChI is InChI=1S/C21H20N2O4S/c1-22-20-19(28-21(22)25)16(15-9-4-5-10-17(15)27-3)12-18(24)23(20)13-7-6-8-14(11-13)26-2/h4-11,16H,12H2,1-3H3. The summed E-state index contributed by atoms with van der Waals surface area (Å²) in [7, 11) is 4.89. The summed E-state index contributed by atoms with van der Waals surface area (Å²) in [5.41, 5.74) is 1.59. The van der Waals surface area contributed by atoms with Crippen molar-refractivity contribution in [2.45, 2.75) is 12.3 Å². The second kappa shape index (κ2) is 7.16. The maximum absolute atomic E-state index is 13.2. The van der Waals surface area contributed by atoms with Gasteiger partial charge in [0.2, 0.25) is 5.91 Å². The number of thiazole rings is 1. The number of nitrogens with zero attached hydrogens (tertiary/aromatic N) is 2. The fourth-order valence-electron chi connectivity index (χ4n) is 3.65. The molecule has 1 unspecified atom stereocenters. The van der Waals surface area contributed by atoms with Gasteiger partial charge in [0.15, 0.2) is 0 Å². The van der Waals surface area contributed by atoms with Crippen molar-refractivity contribution in [3.8, 4) is 11.5 Å². The quantitative estimate of drug-likeness (QED) is 0.675. The van der Waals surface area contributed by atoms with E-state index in [9.17, 15) is 9.59 Å². The number of aromatic nitrogens is 1. The number of benzene rings is 2. The Morgan fingerprint density at radius 3 is 2.57 bits per heavy atom. The van der Waals surface area contributed by atoms with Crippen molar-refractivity contribution < 1.29 is 14.3 Å². The molecule has 0 saturated carbocycles. The summed E-state index contributed by atoms with van der Waals surface area (Å²) in [6.07, 6.45) is 0.255. The van der Waals surface area contributed by atoms with Gasteiger partial charge in [0.05, 0.1) is 24.8 Å². The first kappa shape index (κ1) is 18.3. The van der Waals surface area contributed by atoms with Crippen molar-refractivity contribution in [1.82, 2.24) is 4.57 Å². The van der Waals surface area contributed by atoms with Crippen LogP contribution in [0.1, 0.15) is 22.8 Å². The molecule has 1 aliphatic heterocycles. The number of carbonyl (C=O) groups is 1. The molecule has 0 aliphatic carbocycles. The van der Waals surface area contributed by atoms with E-state index in [0.717, 1.165) is 10.4 Å². The van der Waals surface area contributed by atoms with E-state index in [2.05, 4.69) is 0 Å². The zero-order valence-corrected chi connectivity index (χ0v) is 16.7. The van der Waals surface area contributed by atoms with Gasteiger partial charge in [-0.05, 0) is 18.2 Å². The van der Waals surface area contributed by atoms with Crippen LogP contribution in [0, 0.1) is 0 Å². The van der Waals surface area contributed by atoms with Gasteiger partial charge in [0, 0.05) is 31.0 Å². The van der Waals surface area contributed by atoms with Gasteiger partial charge in [0.25, 0.3) is 0 Å². The van der Waals surface area contributed by atoms with Crippen molar-refractivity contribution in [3.63, 3.8) is 0 Å². The van der Waals surface area contributed by atoms with Crippen LogP contribution in [0.25, 0.3) is 0 Å². The highest BCUT2D eigenvalue weighted by Gasteiger charge is 2.38. The molecule has 0 fully saturated rings. The van der Waals surface area contributed by atoms with E-state index < -0.39 is 0 Å². The van der Waals surface area contributed by atoms with Gasteiger partial charge in [-0.2, -0.15) is 0 Å². The molecule has 2 heterocycles. The van der Waals surface area contributed by atoms with Crippen molar-refractivity contribution in [3.05, 3.63) is 68.6 Å². The first-order valence-corrected chi connectivity index (χ1v) is 9.66. The fraction of sp³-hybridized carbons (Fsp3) is 0.238. The molecule has 4 rings (SSSR count). The Labute approximate surface area is 166 Å². The van der Waals surface area contributed by atoms with E-state index >= 15 is 0 Å². The summed E-state index contributed by atoms with van der Waals surface area (Å²) in [4.78, 5) is 28.1. The minimum Gasteiger partial charge on any atom is -0.497 e. The molecule has 144 valence electrons. The lowest BCUT2D eigenvalue weighted by molar-refractivity contribution is -0.118. The van der Waals surface area contributed by atoms with Gasteiger partial charge in [-0.25, -0.2) is 0 Å². The number of hydrogen-bond donors (Lipinski definition) is 0. The van der Waals surface area contributed by atoms with Gasteiger partial charge in [0.1, 0.15) is 17.3 Å². The molecule has 1 aromatic heterocycles. The number of anilines is 2. The normalized spacial score (nSPS) is 16.0. The van der Waals surface area contributed by atoms with Gasteiger partial charge >= 0.3 is 4.87 Å². The average Bonchev–Trinajstić information content (AvgIpc) is 3.02. The Hall–Kier alpha value is -3.06. The Balaban J connectivity index is 1.91. The topological polar surface area (TPSA) is 60.8 Å². The van der Waals surface area contributed by atoms with Crippen molar-refractivity contribution in [2.75, 3.05) is 19.1 Å². The highest BCUT2D eigenvalue weighted by molar-refractivity contribution is 7.10. The summed E-state index contributed by atoms with van der Waals surface area (Å²) in [6, 6.07) is 14.9. The molecule has 0 bridgehead atoms. The van der Waals surface area contributed by atoms with Crippen molar-refractivity contribution >= 4 is 28.7 Å². The summed E-state index contributed by atoms with van der Waals surface area (Å²) >= 11 is 1.18. The summed E-state index contributed by atoms with van der Waals surface area (Å²) in [5.74, 6) is 1.67. The predicted octanol–water partition coefficient (Wildman–Crippen LogP) is 3.66. The lowest BCUT2D eigenvalue weighted by Crippen LogP contribution is -2.34. The van der Waals surface area contributed by atoms with E-state index in [1.165, 1.54) is 11.3 Å². The first-order chi connectivity index (χ1) is 13.5. The number of rotatable bonds is 4. The molecular weight excluding hydrogens is 376 g/mol. The second-order valence-electron chi connectivity index (χ2n) is 6.54. The Bertz CT molecular complexity index is 1100. The zero-order valence-electron chi connectivity index (χ0n) is 15.8. The van der Waals surface area contributed by atoms with E-state index in [0.29, 0.717) is 23.0 Å². The molecule has 0 N–H and O–H groups in total. The van der Waals surface area contributed by atoms with Crippen LogP contribution in [0.4, 0.5) is 11.5 Å². The SMILES string of the molecule is COc1cccc(N2C(=O)CC(c3ccccc3OC)c3sc(=O)n(C)c32)c1. The number of carbonyl (C=O) groups excluding carboxylic acids is 1. The van der Waals surface area contributed by atoms with Crippen LogP contribution in [0.2, 0.25) is 0 Å². The monoisotopic (exact) mass is 396 g/mol.